The van der Waals surface area contributed by atoms with Gasteiger partial charge in [-0.25, -0.2) is 4.52 Å². The van der Waals surface area contributed by atoms with Gasteiger partial charge < -0.3 is 5.32 Å². The summed E-state index contributed by atoms with van der Waals surface area (Å²) < 4.78 is 1.62. The van der Waals surface area contributed by atoms with Gasteiger partial charge >= 0.3 is 0 Å². The van der Waals surface area contributed by atoms with E-state index in [4.69, 9.17) is 11.6 Å². The summed E-state index contributed by atoms with van der Waals surface area (Å²) in [6, 6.07) is 7.64. The highest BCUT2D eigenvalue weighted by Crippen LogP contribution is 2.14. The molecule has 0 spiro atoms. The average Bonchev–Trinajstić information content (AvgIpc) is 2.93. The summed E-state index contributed by atoms with van der Waals surface area (Å²) in [7, 11) is 0. The zero-order valence-corrected chi connectivity index (χ0v) is 11.9. The van der Waals surface area contributed by atoms with E-state index in [-0.39, 0.29) is 5.91 Å². The Balaban J connectivity index is 1.79. The Morgan fingerprint density at radius 2 is 2.05 bits per heavy atom. The van der Waals surface area contributed by atoms with E-state index in [1.165, 1.54) is 6.20 Å². The molecular weight excluding hydrogens is 288 g/mol. The van der Waals surface area contributed by atoms with Crippen molar-refractivity contribution in [3.8, 4) is 0 Å². The number of nitrogens with one attached hydrogen (secondary N) is 1. The molecule has 1 amide bonds. The van der Waals surface area contributed by atoms with Gasteiger partial charge in [-0.2, -0.15) is 5.10 Å². The topological polar surface area (TPSA) is 59.3 Å². The van der Waals surface area contributed by atoms with Gasteiger partial charge in [-0.05, 0) is 24.1 Å². The highest BCUT2D eigenvalue weighted by molar-refractivity contribution is 6.18. The second-order valence-electron chi connectivity index (χ2n) is 4.55. The maximum Gasteiger partial charge on any atom is 0.259 e. The Morgan fingerprint density at radius 3 is 2.81 bits per heavy atom. The zero-order chi connectivity index (χ0) is 14.7. The van der Waals surface area contributed by atoms with Crippen molar-refractivity contribution in [2.75, 3.05) is 11.2 Å². The number of amides is 1. The number of hydrogen-bond donors (Lipinski definition) is 1. The normalized spacial score (nSPS) is 10.7. The molecule has 21 heavy (non-hydrogen) atoms. The first kappa shape index (κ1) is 13.6. The van der Waals surface area contributed by atoms with Crippen molar-refractivity contribution in [2.24, 2.45) is 0 Å². The standard InChI is InChI=1S/C15H13ClN4O/c16-6-5-11-1-3-12(4-2-11)19-15(21)13-9-18-20-8-7-17-10-14(13)20/h1-4,7-10H,5-6H2,(H,19,21). The highest BCUT2D eigenvalue weighted by atomic mass is 35.5. The summed E-state index contributed by atoms with van der Waals surface area (Å²) in [6.45, 7) is 0. The van der Waals surface area contributed by atoms with Crippen LogP contribution in [0.3, 0.4) is 0 Å². The second kappa shape index (κ2) is 5.93. The Hall–Kier alpha value is -2.40. The van der Waals surface area contributed by atoms with Crippen LogP contribution >= 0.6 is 11.6 Å². The summed E-state index contributed by atoms with van der Waals surface area (Å²) in [4.78, 5) is 16.3. The van der Waals surface area contributed by atoms with E-state index in [0.29, 0.717) is 17.0 Å². The number of anilines is 1. The van der Waals surface area contributed by atoms with Crippen LogP contribution in [0.2, 0.25) is 0 Å². The molecule has 3 aromatic rings. The molecular formula is C15H13ClN4O. The van der Waals surface area contributed by atoms with Crippen molar-refractivity contribution in [1.29, 1.82) is 0 Å². The minimum absolute atomic E-state index is 0.205. The third-order valence-corrected chi connectivity index (χ3v) is 3.35. The van der Waals surface area contributed by atoms with Gasteiger partial charge in [0.25, 0.3) is 5.91 Å². The lowest BCUT2D eigenvalue weighted by molar-refractivity contribution is 0.102. The first-order chi connectivity index (χ1) is 10.3. The van der Waals surface area contributed by atoms with Gasteiger partial charge in [-0.1, -0.05) is 12.1 Å². The Labute approximate surface area is 126 Å². The molecule has 6 heteroatoms. The Kier molecular flexibility index (Phi) is 3.83. The van der Waals surface area contributed by atoms with Gasteiger partial charge in [-0.15, -0.1) is 11.6 Å². The van der Waals surface area contributed by atoms with Crippen LogP contribution in [0.5, 0.6) is 0 Å². The lowest BCUT2D eigenvalue weighted by Gasteiger charge is -2.05. The van der Waals surface area contributed by atoms with Gasteiger partial charge in [-0.3, -0.25) is 9.78 Å². The van der Waals surface area contributed by atoms with Crippen molar-refractivity contribution < 1.29 is 4.79 Å². The lowest BCUT2D eigenvalue weighted by atomic mass is 10.1. The molecule has 2 heterocycles. The van der Waals surface area contributed by atoms with Crippen LogP contribution in [0.4, 0.5) is 5.69 Å². The summed E-state index contributed by atoms with van der Waals surface area (Å²) in [5.74, 6) is 0.379. The van der Waals surface area contributed by atoms with E-state index < -0.39 is 0 Å². The van der Waals surface area contributed by atoms with Crippen molar-refractivity contribution in [3.05, 3.63) is 60.2 Å². The number of rotatable bonds is 4. The molecule has 0 aliphatic heterocycles. The van der Waals surface area contributed by atoms with Crippen LogP contribution in [0, 0.1) is 0 Å². The molecule has 0 unspecified atom stereocenters. The third kappa shape index (κ3) is 2.87. The molecule has 2 aromatic heterocycles. The quantitative estimate of drug-likeness (QED) is 0.754. The molecule has 0 saturated carbocycles. The molecule has 1 aromatic carbocycles. The van der Waals surface area contributed by atoms with E-state index in [2.05, 4.69) is 15.4 Å². The lowest BCUT2D eigenvalue weighted by Crippen LogP contribution is -2.11. The van der Waals surface area contributed by atoms with Gasteiger partial charge in [0.15, 0.2) is 0 Å². The molecule has 0 saturated heterocycles. The maximum absolute atomic E-state index is 12.3. The summed E-state index contributed by atoms with van der Waals surface area (Å²) in [5.41, 5.74) is 3.05. The molecule has 5 nitrogen and oxygen atoms in total. The number of hydrogen-bond acceptors (Lipinski definition) is 3. The summed E-state index contributed by atoms with van der Waals surface area (Å²) in [6.07, 6.45) is 7.29. The highest BCUT2D eigenvalue weighted by Gasteiger charge is 2.12. The van der Waals surface area contributed by atoms with Gasteiger partial charge in [0.2, 0.25) is 0 Å². The SMILES string of the molecule is O=C(Nc1ccc(CCCl)cc1)c1cnn2ccncc12. The average molecular weight is 301 g/mol. The second-order valence-corrected chi connectivity index (χ2v) is 4.93. The fraction of sp³-hybridized carbons (Fsp3) is 0.133. The number of carbonyl (C=O) groups is 1. The van der Waals surface area contributed by atoms with Crippen molar-refractivity contribution >= 4 is 28.7 Å². The molecule has 0 bridgehead atoms. The zero-order valence-electron chi connectivity index (χ0n) is 11.2. The molecule has 0 fully saturated rings. The number of aryl methyl sites for hydroxylation is 1. The minimum Gasteiger partial charge on any atom is -0.322 e. The van der Waals surface area contributed by atoms with Crippen LogP contribution < -0.4 is 5.32 Å². The predicted molar refractivity (Wildman–Crippen MR) is 81.8 cm³/mol. The van der Waals surface area contributed by atoms with Crippen molar-refractivity contribution in [3.63, 3.8) is 0 Å². The largest absolute Gasteiger partial charge is 0.322 e. The smallest absolute Gasteiger partial charge is 0.259 e. The molecule has 1 N–H and O–H groups in total. The Morgan fingerprint density at radius 1 is 1.24 bits per heavy atom. The number of halogens is 1. The Bertz CT molecular complexity index is 767. The number of aromatic nitrogens is 3. The predicted octanol–water partition coefficient (Wildman–Crippen LogP) is 2.76. The van der Waals surface area contributed by atoms with Crippen LogP contribution in [0.15, 0.2) is 49.1 Å². The monoisotopic (exact) mass is 300 g/mol. The maximum atomic E-state index is 12.3. The number of fused-ring (bicyclic) bond motifs is 1. The first-order valence-corrected chi connectivity index (χ1v) is 7.05. The summed E-state index contributed by atoms with van der Waals surface area (Å²) >= 11 is 5.70. The van der Waals surface area contributed by atoms with Crippen LogP contribution in [-0.4, -0.2) is 26.4 Å². The van der Waals surface area contributed by atoms with Gasteiger partial charge in [0.05, 0.1) is 23.5 Å². The van der Waals surface area contributed by atoms with E-state index in [0.717, 1.165) is 17.7 Å². The molecule has 0 radical (unpaired) electrons. The van der Waals surface area contributed by atoms with Gasteiger partial charge in [0.1, 0.15) is 0 Å². The van der Waals surface area contributed by atoms with E-state index in [1.54, 1.807) is 23.1 Å². The van der Waals surface area contributed by atoms with Crippen molar-refractivity contribution in [1.82, 2.24) is 14.6 Å². The van der Waals surface area contributed by atoms with Crippen LogP contribution in [0.25, 0.3) is 5.52 Å². The van der Waals surface area contributed by atoms with E-state index in [1.807, 2.05) is 24.3 Å². The third-order valence-electron chi connectivity index (χ3n) is 3.16. The molecule has 0 aliphatic carbocycles. The van der Waals surface area contributed by atoms with E-state index in [9.17, 15) is 4.79 Å². The fourth-order valence-electron chi connectivity index (χ4n) is 2.07. The first-order valence-electron chi connectivity index (χ1n) is 6.51. The van der Waals surface area contributed by atoms with Crippen LogP contribution in [-0.2, 0) is 6.42 Å². The molecule has 0 aliphatic rings. The van der Waals surface area contributed by atoms with Gasteiger partial charge in [0, 0.05) is 24.0 Å². The summed E-state index contributed by atoms with van der Waals surface area (Å²) in [5, 5.41) is 6.97. The fourth-order valence-corrected chi connectivity index (χ4v) is 2.29. The van der Waals surface area contributed by atoms with Crippen molar-refractivity contribution in [2.45, 2.75) is 6.42 Å². The molecule has 3 rings (SSSR count). The van der Waals surface area contributed by atoms with E-state index >= 15 is 0 Å². The number of benzene rings is 1. The minimum atomic E-state index is -0.205. The molecule has 0 atom stereocenters. The number of alkyl halides is 1. The number of nitrogens with zero attached hydrogens (tertiary/aromatic N) is 3. The van der Waals surface area contributed by atoms with Crippen LogP contribution in [0.1, 0.15) is 15.9 Å². The number of carbonyl (C=O) groups excluding carboxylic acids is 1. The molecule has 106 valence electrons.